The number of hydrogen-bond donors (Lipinski definition) is 1. The lowest BCUT2D eigenvalue weighted by atomic mass is 10.2. The fourth-order valence-corrected chi connectivity index (χ4v) is 1.89. The number of aromatic amines is 1. The Morgan fingerprint density at radius 1 is 1.40 bits per heavy atom. The molecular weight excluding hydrogens is 366 g/mol. The van der Waals surface area contributed by atoms with Gasteiger partial charge in [-0.15, -0.1) is 10.2 Å². The van der Waals surface area contributed by atoms with Gasteiger partial charge in [0.15, 0.2) is 6.23 Å². The molecule has 0 aliphatic heterocycles. The molecule has 0 spiro atoms. The van der Waals surface area contributed by atoms with Crippen molar-refractivity contribution in [2.24, 2.45) is 0 Å². The van der Waals surface area contributed by atoms with Gasteiger partial charge in [0.2, 0.25) is 0 Å². The van der Waals surface area contributed by atoms with E-state index in [9.17, 15) is 36.5 Å². The number of alkyl halides is 5. The van der Waals surface area contributed by atoms with Crippen LogP contribution in [0.1, 0.15) is 17.6 Å². The Bertz CT molecular complexity index is 744. The van der Waals surface area contributed by atoms with Crippen molar-refractivity contribution in [3.63, 3.8) is 0 Å². The molecule has 2 rings (SSSR count). The molecule has 138 valence electrons. The van der Waals surface area contributed by atoms with Crippen LogP contribution in [0.2, 0.25) is 0 Å². The second-order valence-corrected chi connectivity index (χ2v) is 4.63. The maximum absolute atomic E-state index is 13.3. The van der Waals surface area contributed by atoms with E-state index in [0.29, 0.717) is 10.9 Å². The average molecular weight is 374 g/mol. The average Bonchev–Trinajstić information content (AvgIpc) is 3.03. The van der Waals surface area contributed by atoms with E-state index in [0.717, 1.165) is 0 Å². The van der Waals surface area contributed by atoms with E-state index in [4.69, 9.17) is 0 Å². The summed E-state index contributed by atoms with van der Waals surface area (Å²) in [5.74, 6) is -1.56. The highest BCUT2D eigenvalue weighted by Gasteiger charge is 2.32. The van der Waals surface area contributed by atoms with E-state index in [1.165, 1.54) is 0 Å². The molecule has 9 nitrogen and oxygen atoms in total. The zero-order valence-electron chi connectivity index (χ0n) is 11.9. The highest BCUT2D eigenvalue weighted by atomic mass is 19.4. The lowest BCUT2D eigenvalue weighted by molar-refractivity contribution is -0.387. The first kappa shape index (κ1) is 18.6. The number of hydrogen-bond acceptors (Lipinski definition) is 6. The Morgan fingerprint density at radius 2 is 2.08 bits per heavy atom. The summed E-state index contributed by atoms with van der Waals surface area (Å²) < 4.78 is 80.2. The van der Waals surface area contributed by atoms with Gasteiger partial charge >= 0.3 is 24.4 Å². The van der Waals surface area contributed by atoms with Crippen LogP contribution in [0.15, 0.2) is 6.20 Å². The molecule has 0 fully saturated rings. The summed E-state index contributed by atoms with van der Waals surface area (Å²) in [4.78, 5) is 9.43. The highest BCUT2D eigenvalue weighted by molar-refractivity contribution is 5.23. The number of halogens is 6. The number of nitrogens with zero attached hydrogens (tertiary/aromatic N) is 5. The molecule has 1 N–H and O–H groups in total. The molecule has 2 aromatic rings. The van der Waals surface area contributed by atoms with Gasteiger partial charge in [-0.1, -0.05) is 5.21 Å². The smallest absolute Gasteiger partial charge is 0.297 e. The summed E-state index contributed by atoms with van der Waals surface area (Å²) in [6.45, 7) is -3.40. The summed E-state index contributed by atoms with van der Waals surface area (Å²) >= 11 is 0. The van der Waals surface area contributed by atoms with Crippen LogP contribution in [0.3, 0.4) is 0 Å². The van der Waals surface area contributed by atoms with E-state index in [1.54, 1.807) is 0 Å². The van der Waals surface area contributed by atoms with Crippen molar-refractivity contribution >= 4 is 5.69 Å². The third-order valence-electron chi connectivity index (χ3n) is 2.87. The molecule has 0 saturated heterocycles. The maximum atomic E-state index is 13.3. The molecular formula is C10H8F6N6O3. The number of ether oxygens (including phenoxy) is 1. The van der Waals surface area contributed by atoms with E-state index in [-0.39, 0.29) is 5.69 Å². The number of nitrogens with one attached hydrogen (secondary N) is 1. The Balaban J connectivity index is 2.29. The summed E-state index contributed by atoms with van der Waals surface area (Å²) in [6.07, 6.45) is -8.18. The number of H-pyrrole nitrogens is 1. The Kier molecular flexibility index (Phi) is 5.24. The molecule has 0 saturated carbocycles. The van der Waals surface area contributed by atoms with E-state index < -0.39 is 54.1 Å². The molecule has 0 aromatic carbocycles. The van der Waals surface area contributed by atoms with Crippen molar-refractivity contribution in [3.05, 3.63) is 33.6 Å². The maximum Gasteiger partial charge on any atom is 0.394 e. The molecule has 1 atom stereocenters. The lowest BCUT2D eigenvalue weighted by Crippen LogP contribution is -2.21. The summed E-state index contributed by atoms with van der Waals surface area (Å²) in [7, 11) is 0. The third kappa shape index (κ3) is 4.88. The molecule has 2 aromatic heterocycles. The van der Waals surface area contributed by atoms with Crippen molar-refractivity contribution in [3.8, 4) is 0 Å². The normalized spacial score (nSPS) is 13.4. The number of rotatable bonds is 7. The first-order chi connectivity index (χ1) is 11.6. The zero-order valence-corrected chi connectivity index (χ0v) is 11.9. The van der Waals surface area contributed by atoms with Crippen LogP contribution in [0.5, 0.6) is 0 Å². The Labute approximate surface area is 133 Å². The van der Waals surface area contributed by atoms with E-state index in [1.807, 2.05) is 0 Å². The number of nitro groups is 1. The van der Waals surface area contributed by atoms with Crippen molar-refractivity contribution < 1.29 is 36.0 Å². The molecule has 0 bridgehead atoms. The standard InChI is InChI=1S/C10H8F6N6O3/c11-8-6(22(23)24)3-21(19-8)7(25-9(12)13)1-4-5(18-20-17-4)2-10(14,15)16/h3,7,9H,1-2H2,(H,17,18,20)/t7-/m1/s1. The van der Waals surface area contributed by atoms with Gasteiger partial charge in [-0.25, -0.2) is 4.68 Å². The van der Waals surface area contributed by atoms with Gasteiger partial charge in [0.1, 0.15) is 6.20 Å². The first-order valence-electron chi connectivity index (χ1n) is 6.35. The first-order valence-corrected chi connectivity index (χ1v) is 6.35. The quantitative estimate of drug-likeness (QED) is 0.451. The lowest BCUT2D eigenvalue weighted by Gasteiger charge is -2.17. The predicted octanol–water partition coefficient (Wildman–Crippen LogP) is 2.13. The van der Waals surface area contributed by atoms with Crippen LogP contribution < -0.4 is 0 Å². The van der Waals surface area contributed by atoms with Crippen LogP contribution in [0.4, 0.5) is 32.0 Å². The fourth-order valence-electron chi connectivity index (χ4n) is 1.89. The van der Waals surface area contributed by atoms with Crippen molar-refractivity contribution in [1.82, 2.24) is 25.2 Å². The van der Waals surface area contributed by atoms with Crippen LogP contribution in [-0.2, 0) is 17.6 Å². The minimum absolute atomic E-state index is 0.318. The Morgan fingerprint density at radius 3 is 2.60 bits per heavy atom. The largest absolute Gasteiger partial charge is 0.394 e. The predicted molar refractivity (Wildman–Crippen MR) is 64.8 cm³/mol. The highest BCUT2D eigenvalue weighted by Crippen LogP contribution is 2.26. The van der Waals surface area contributed by atoms with Crippen LogP contribution in [0.25, 0.3) is 0 Å². The minimum Gasteiger partial charge on any atom is -0.297 e. The van der Waals surface area contributed by atoms with Crippen molar-refractivity contribution in [2.45, 2.75) is 31.9 Å². The van der Waals surface area contributed by atoms with Gasteiger partial charge in [-0.3, -0.25) is 19.9 Å². The van der Waals surface area contributed by atoms with Crippen LogP contribution in [-0.4, -0.2) is 42.9 Å². The second-order valence-electron chi connectivity index (χ2n) is 4.63. The minimum atomic E-state index is -4.64. The van der Waals surface area contributed by atoms with Gasteiger partial charge in [-0.05, 0) is 0 Å². The molecule has 2 heterocycles. The summed E-state index contributed by atoms with van der Waals surface area (Å²) in [6, 6.07) is 0. The van der Waals surface area contributed by atoms with Gasteiger partial charge in [0, 0.05) is 6.42 Å². The van der Waals surface area contributed by atoms with Crippen LogP contribution in [0, 0.1) is 16.1 Å². The Hall–Kier alpha value is -2.71. The van der Waals surface area contributed by atoms with E-state index in [2.05, 4.69) is 25.2 Å². The molecule has 25 heavy (non-hydrogen) atoms. The molecule has 0 amide bonds. The fraction of sp³-hybridized carbons (Fsp3) is 0.500. The number of aromatic nitrogens is 5. The molecule has 0 aliphatic carbocycles. The summed E-state index contributed by atoms with van der Waals surface area (Å²) in [5, 5.41) is 22.1. The SMILES string of the molecule is O=[N+]([O-])c1cn([C@@H](Cc2[nH]nnc2CC(F)(F)F)OC(F)F)nc1F. The topological polar surface area (TPSA) is 112 Å². The summed E-state index contributed by atoms with van der Waals surface area (Å²) in [5.41, 5.74) is -2.01. The van der Waals surface area contributed by atoms with E-state index >= 15 is 0 Å². The van der Waals surface area contributed by atoms with Crippen molar-refractivity contribution in [1.29, 1.82) is 0 Å². The molecule has 0 unspecified atom stereocenters. The van der Waals surface area contributed by atoms with Gasteiger partial charge in [0.25, 0.3) is 0 Å². The van der Waals surface area contributed by atoms with Gasteiger partial charge in [-0.2, -0.15) is 26.3 Å². The van der Waals surface area contributed by atoms with Gasteiger partial charge < -0.3 is 0 Å². The molecule has 0 aliphatic rings. The van der Waals surface area contributed by atoms with Crippen LogP contribution >= 0.6 is 0 Å². The second kappa shape index (κ2) is 7.04. The third-order valence-corrected chi connectivity index (χ3v) is 2.87. The monoisotopic (exact) mass is 374 g/mol. The molecule has 0 radical (unpaired) electrons. The van der Waals surface area contributed by atoms with Gasteiger partial charge in [0.05, 0.1) is 22.7 Å². The van der Waals surface area contributed by atoms with Crippen molar-refractivity contribution in [2.75, 3.05) is 0 Å². The zero-order chi connectivity index (χ0) is 18.8. The molecule has 15 heteroatoms.